The van der Waals surface area contributed by atoms with Crippen molar-refractivity contribution in [1.29, 1.82) is 0 Å². The number of ether oxygens (including phenoxy) is 1. The molecule has 1 aromatic carbocycles. The second-order valence-corrected chi connectivity index (χ2v) is 6.59. The van der Waals surface area contributed by atoms with Gasteiger partial charge in [0.2, 0.25) is 5.90 Å². The Kier molecular flexibility index (Phi) is 4.98. The fourth-order valence-corrected chi connectivity index (χ4v) is 2.23. The summed E-state index contributed by atoms with van der Waals surface area (Å²) in [6.07, 6.45) is 0. The zero-order valence-corrected chi connectivity index (χ0v) is 14.4. The smallest absolute Gasteiger partial charge is 0.477 e. The number of hydrogen-bond donors (Lipinski definition) is 0. The molecule has 0 aromatic heterocycles. The summed E-state index contributed by atoms with van der Waals surface area (Å²) >= 11 is 0. The van der Waals surface area contributed by atoms with Crippen LogP contribution in [-0.4, -0.2) is 36.8 Å². The van der Waals surface area contributed by atoms with Crippen LogP contribution in [0.5, 0.6) is 0 Å². The highest BCUT2D eigenvalue weighted by Gasteiger charge is 2.53. The van der Waals surface area contributed by atoms with E-state index in [9.17, 15) is 0 Å². The van der Waals surface area contributed by atoms with Crippen LogP contribution in [0.25, 0.3) is 0 Å². The molecule has 0 N–H and O–H groups in total. The van der Waals surface area contributed by atoms with Crippen LogP contribution in [0.2, 0.25) is 0 Å². The molecule has 0 saturated carbocycles. The van der Waals surface area contributed by atoms with E-state index in [1.807, 2.05) is 71.9 Å². The van der Waals surface area contributed by atoms with E-state index in [1.54, 1.807) is 0 Å². The van der Waals surface area contributed by atoms with Crippen molar-refractivity contribution in [3.8, 4) is 0 Å². The van der Waals surface area contributed by atoms with Gasteiger partial charge in [-0.25, -0.2) is 0 Å². The molecular weight excluding hydrogens is 277 g/mol. The molecule has 1 aliphatic heterocycles. The van der Waals surface area contributed by atoms with Gasteiger partial charge in [0.25, 0.3) is 0 Å². The highest BCUT2D eigenvalue weighted by atomic mass is 16.7. The van der Waals surface area contributed by atoms with E-state index in [0.717, 1.165) is 5.56 Å². The summed E-state index contributed by atoms with van der Waals surface area (Å²) in [6.45, 7) is 12.8. The lowest BCUT2D eigenvalue weighted by molar-refractivity contribution is 0.00578. The summed E-state index contributed by atoms with van der Waals surface area (Å²) < 4.78 is 18.1. The highest BCUT2D eigenvalue weighted by Crippen LogP contribution is 2.37. The Hall–Kier alpha value is -1.33. The van der Waals surface area contributed by atoms with E-state index < -0.39 is 7.12 Å². The molecule has 120 valence electrons. The van der Waals surface area contributed by atoms with Gasteiger partial charge in [-0.2, -0.15) is 0 Å². The number of nitrogens with zero attached hydrogens (tertiary/aromatic N) is 1. The van der Waals surface area contributed by atoms with Gasteiger partial charge in [0.05, 0.1) is 11.2 Å². The fourth-order valence-electron chi connectivity index (χ4n) is 2.23. The first-order valence-electron chi connectivity index (χ1n) is 7.89. The molecule has 1 fully saturated rings. The fraction of sp³-hybridized carbons (Fsp3) is 0.588. The van der Waals surface area contributed by atoms with Crippen molar-refractivity contribution >= 4 is 13.0 Å². The van der Waals surface area contributed by atoms with Gasteiger partial charge in [0.15, 0.2) is 0 Å². The molecule has 5 heteroatoms. The lowest BCUT2D eigenvalue weighted by Crippen LogP contribution is -2.41. The lowest BCUT2D eigenvalue weighted by Gasteiger charge is -2.32. The van der Waals surface area contributed by atoms with Crippen LogP contribution in [0.4, 0.5) is 0 Å². The van der Waals surface area contributed by atoms with Crippen LogP contribution >= 0.6 is 0 Å². The molecule has 1 aromatic rings. The van der Waals surface area contributed by atoms with Crippen molar-refractivity contribution < 1.29 is 14.0 Å². The van der Waals surface area contributed by atoms with E-state index in [4.69, 9.17) is 14.0 Å². The monoisotopic (exact) mass is 303 g/mol. The molecule has 1 saturated heterocycles. The van der Waals surface area contributed by atoms with Crippen LogP contribution in [0.3, 0.4) is 0 Å². The molecule has 0 bridgehead atoms. The van der Waals surface area contributed by atoms with Crippen molar-refractivity contribution in [3.05, 3.63) is 35.9 Å². The van der Waals surface area contributed by atoms with Crippen LogP contribution in [0, 0.1) is 0 Å². The molecule has 0 amide bonds. The molecule has 22 heavy (non-hydrogen) atoms. The summed E-state index contributed by atoms with van der Waals surface area (Å²) in [5, 5.41) is 0. The van der Waals surface area contributed by atoms with Gasteiger partial charge < -0.3 is 14.0 Å². The van der Waals surface area contributed by atoms with Crippen LogP contribution in [0.1, 0.15) is 47.1 Å². The standard InChI is InChI=1S/C17H26BNO3/c1-7-19-15(14-11-9-8-10-12-14)20-13(2)18-21-16(3,4)17(5,6)22-18/h8-13H,7H2,1-6H3/b19-15-. The van der Waals surface area contributed by atoms with Crippen LogP contribution in [-0.2, 0) is 14.0 Å². The second-order valence-electron chi connectivity index (χ2n) is 6.59. The predicted molar refractivity (Wildman–Crippen MR) is 90.1 cm³/mol. The summed E-state index contributed by atoms with van der Waals surface area (Å²) in [6, 6.07) is 9.67. The van der Waals surface area contributed by atoms with Gasteiger partial charge in [-0.05, 0) is 53.7 Å². The number of benzene rings is 1. The third kappa shape index (κ3) is 3.53. The zero-order chi connectivity index (χ0) is 16.4. The van der Waals surface area contributed by atoms with E-state index in [1.165, 1.54) is 0 Å². The maximum Gasteiger partial charge on any atom is 0.501 e. The maximum atomic E-state index is 6.05. The Morgan fingerprint density at radius 1 is 1.14 bits per heavy atom. The average Bonchev–Trinajstić information content (AvgIpc) is 2.68. The molecule has 0 radical (unpaired) electrons. The molecule has 0 spiro atoms. The molecule has 1 heterocycles. The molecular formula is C17H26BNO3. The van der Waals surface area contributed by atoms with Crippen LogP contribution in [0.15, 0.2) is 35.3 Å². The number of aliphatic imine (C=N–C) groups is 1. The maximum absolute atomic E-state index is 6.05. The third-order valence-corrected chi connectivity index (χ3v) is 4.27. The Bertz CT molecular complexity index is 512. The average molecular weight is 303 g/mol. The van der Waals surface area contributed by atoms with Gasteiger partial charge >= 0.3 is 7.12 Å². The van der Waals surface area contributed by atoms with E-state index in [-0.39, 0.29) is 17.2 Å². The summed E-state index contributed by atoms with van der Waals surface area (Å²) in [5.41, 5.74) is 0.251. The minimum absolute atomic E-state index is 0.244. The van der Waals surface area contributed by atoms with Gasteiger partial charge in [-0.1, -0.05) is 18.2 Å². The Balaban J connectivity index is 2.11. The van der Waals surface area contributed by atoms with Crippen molar-refractivity contribution in [2.45, 2.75) is 58.7 Å². The van der Waals surface area contributed by atoms with E-state index in [0.29, 0.717) is 12.4 Å². The highest BCUT2D eigenvalue weighted by molar-refractivity contribution is 6.47. The molecule has 1 atom stereocenters. The largest absolute Gasteiger partial charge is 0.501 e. The lowest BCUT2D eigenvalue weighted by atomic mass is 9.82. The van der Waals surface area contributed by atoms with E-state index >= 15 is 0 Å². The first-order valence-corrected chi connectivity index (χ1v) is 7.89. The quantitative estimate of drug-likeness (QED) is 0.485. The molecule has 0 aliphatic carbocycles. The Labute approximate surface area is 134 Å². The Morgan fingerprint density at radius 3 is 2.18 bits per heavy atom. The van der Waals surface area contributed by atoms with Crippen molar-refractivity contribution in [1.82, 2.24) is 0 Å². The predicted octanol–water partition coefficient (Wildman–Crippen LogP) is 3.49. The topological polar surface area (TPSA) is 40.0 Å². The van der Waals surface area contributed by atoms with Crippen LogP contribution < -0.4 is 0 Å². The first kappa shape index (κ1) is 17.0. The summed E-state index contributed by atoms with van der Waals surface area (Å²) in [7, 11) is -0.407. The van der Waals surface area contributed by atoms with Gasteiger partial charge in [0.1, 0.15) is 6.00 Å². The zero-order valence-electron chi connectivity index (χ0n) is 14.4. The SMILES string of the molecule is CC/N=C(\OC(C)B1OC(C)(C)C(C)(C)O1)c1ccccc1. The Morgan fingerprint density at radius 2 is 1.68 bits per heavy atom. The van der Waals surface area contributed by atoms with Gasteiger partial charge in [0, 0.05) is 12.1 Å². The second kappa shape index (κ2) is 6.43. The summed E-state index contributed by atoms with van der Waals surface area (Å²) in [5.74, 6) is 0.630. The molecule has 2 rings (SSSR count). The van der Waals surface area contributed by atoms with E-state index in [2.05, 4.69) is 4.99 Å². The molecule has 4 nitrogen and oxygen atoms in total. The summed E-state index contributed by atoms with van der Waals surface area (Å²) in [4.78, 5) is 4.46. The van der Waals surface area contributed by atoms with Gasteiger partial charge in [-0.15, -0.1) is 0 Å². The third-order valence-electron chi connectivity index (χ3n) is 4.27. The number of hydrogen-bond acceptors (Lipinski definition) is 4. The molecule has 1 unspecified atom stereocenters. The normalized spacial score (nSPS) is 21.7. The minimum atomic E-state index is -0.407. The van der Waals surface area contributed by atoms with Crippen molar-refractivity contribution in [2.75, 3.05) is 6.54 Å². The minimum Gasteiger partial charge on any atom is -0.477 e. The van der Waals surface area contributed by atoms with Crippen molar-refractivity contribution in [2.24, 2.45) is 4.99 Å². The van der Waals surface area contributed by atoms with Crippen molar-refractivity contribution in [3.63, 3.8) is 0 Å². The number of rotatable bonds is 4. The molecule has 1 aliphatic rings. The first-order chi connectivity index (χ1) is 10.3. The van der Waals surface area contributed by atoms with Gasteiger partial charge in [-0.3, -0.25) is 4.99 Å².